The van der Waals surface area contributed by atoms with Gasteiger partial charge < -0.3 is 4.90 Å². The first-order valence-corrected chi connectivity index (χ1v) is 8.22. The molecule has 0 bridgehead atoms. The van der Waals surface area contributed by atoms with Crippen LogP contribution in [-0.2, 0) is 11.0 Å². The number of thioether (sulfide) groups is 1. The Hall–Kier alpha value is -2.56. The summed E-state index contributed by atoms with van der Waals surface area (Å²) < 4.78 is 41.1. The van der Waals surface area contributed by atoms with Gasteiger partial charge in [0.05, 0.1) is 16.5 Å². The van der Waals surface area contributed by atoms with E-state index in [1.165, 1.54) is 33.9 Å². The molecule has 7 nitrogen and oxygen atoms in total. The SMILES string of the molecule is O=C1C(Sc2nnc3nc[nH]n23)CCN1c1ccccc1C(F)(F)F. The van der Waals surface area contributed by atoms with Gasteiger partial charge in [0, 0.05) is 6.54 Å². The van der Waals surface area contributed by atoms with Gasteiger partial charge in [-0.1, -0.05) is 23.9 Å². The number of benzene rings is 1. The Morgan fingerprint density at radius 3 is 2.84 bits per heavy atom. The number of hydrogen-bond acceptors (Lipinski definition) is 5. The van der Waals surface area contributed by atoms with E-state index < -0.39 is 17.0 Å². The summed E-state index contributed by atoms with van der Waals surface area (Å²) >= 11 is 1.16. The first-order chi connectivity index (χ1) is 11.9. The second-order valence-corrected chi connectivity index (χ2v) is 6.58. The van der Waals surface area contributed by atoms with Crippen molar-refractivity contribution < 1.29 is 18.0 Å². The Bertz CT molecular complexity index is 936. The molecule has 130 valence electrons. The first-order valence-electron chi connectivity index (χ1n) is 7.34. The van der Waals surface area contributed by atoms with Crippen molar-refractivity contribution in [3.8, 4) is 0 Å². The number of aromatic nitrogens is 5. The van der Waals surface area contributed by atoms with E-state index in [1.54, 1.807) is 0 Å². The van der Waals surface area contributed by atoms with Crippen molar-refractivity contribution in [2.75, 3.05) is 11.4 Å². The van der Waals surface area contributed by atoms with Gasteiger partial charge in [-0.15, -0.1) is 10.2 Å². The van der Waals surface area contributed by atoms with E-state index in [1.807, 2.05) is 0 Å². The molecule has 1 atom stereocenters. The molecule has 1 amide bonds. The molecule has 25 heavy (non-hydrogen) atoms. The van der Waals surface area contributed by atoms with Crippen LogP contribution in [0.3, 0.4) is 0 Å². The van der Waals surface area contributed by atoms with Gasteiger partial charge >= 0.3 is 6.18 Å². The number of fused-ring (bicyclic) bond motifs is 1. The summed E-state index contributed by atoms with van der Waals surface area (Å²) in [7, 11) is 0. The second-order valence-electron chi connectivity index (χ2n) is 5.41. The van der Waals surface area contributed by atoms with Crippen LogP contribution in [0.2, 0.25) is 0 Å². The molecule has 2 aromatic heterocycles. The van der Waals surface area contributed by atoms with E-state index in [0.29, 0.717) is 17.4 Å². The van der Waals surface area contributed by atoms with Crippen LogP contribution in [0.15, 0.2) is 35.7 Å². The van der Waals surface area contributed by atoms with Gasteiger partial charge in [0.2, 0.25) is 11.1 Å². The summed E-state index contributed by atoms with van der Waals surface area (Å²) in [6, 6.07) is 5.10. The van der Waals surface area contributed by atoms with Crippen molar-refractivity contribution in [1.82, 2.24) is 24.8 Å². The van der Waals surface area contributed by atoms with E-state index in [0.717, 1.165) is 17.8 Å². The van der Waals surface area contributed by atoms with Gasteiger partial charge in [-0.25, -0.2) is 0 Å². The molecule has 1 aliphatic rings. The predicted molar refractivity (Wildman–Crippen MR) is 83.2 cm³/mol. The standard InChI is InChI=1S/C14H11F3N6OS/c15-14(16,17)8-3-1-2-4-9(8)22-6-5-10(11(22)24)25-13-21-20-12-18-7-19-23(12)13/h1-4,7,10H,5-6H2,(H,18,19,20). The van der Waals surface area contributed by atoms with Gasteiger partial charge in [-0.3, -0.25) is 9.89 Å². The molecule has 3 heterocycles. The van der Waals surface area contributed by atoms with E-state index >= 15 is 0 Å². The van der Waals surface area contributed by atoms with Crippen LogP contribution < -0.4 is 4.90 Å². The zero-order valence-corrected chi connectivity index (χ0v) is 13.4. The maximum Gasteiger partial charge on any atom is 0.418 e. The number of hydrogen-bond donors (Lipinski definition) is 1. The summed E-state index contributed by atoms with van der Waals surface area (Å²) in [5.74, 6) is -0.00909. The lowest BCUT2D eigenvalue weighted by Crippen LogP contribution is -2.30. The number of amides is 1. The van der Waals surface area contributed by atoms with Crippen molar-refractivity contribution in [2.45, 2.75) is 23.0 Å². The number of alkyl halides is 3. The average Bonchev–Trinajstić information content (AvgIpc) is 3.25. The number of H-pyrrole nitrogens is 1. The number of nitrogens with zero attached hydrogens (tertiary/aromatic N) is 5. The smallest absolute Gasteiger partial charge is 0.311 e. The molecule has 0 aliphatic carbocycles. The topological polar surface area (TPSA) is 79.2 Å². The highest BCUT2D eigenvalue weighted by Gasteiger charge is 2.40. The van der Waals surface area contributed by atoms with Crippen LogP contribution in [0.5, 0.6) is 0 Å². The molecule has 11 heteroatoms. The van der Waals surface area contributed by atoms with Crippen molar-refractivity contribution in [2.24, 2.45) is 0 Å². The third-order valence-electron chi connectivity index (χ3n) is 3.89. The van der Waals surface area contributed by atoms with Gasteiger partial charge in [0.1, 0.15) is 6.33 Å². The third-order valence-corrected chi connectivity index (χ3v) is 5.08. The molecule has 1 fully saturated rings. The summed E-state index contributed by atoms with van der Waals surface area (Å²) in [5, 5.41) is 10.5. The Kier molecular flexibility index (Phi) is 3.67. The minimum absolute atomic E-state index is 0.115. The van der Waals surface area contributed by atoms with Crippen molar-refractivity contribution >= 4 is 29.1 Å². The number of aromatic amines is 1. The average molecular weight is 368 g/mol. The highest BCUT2D eigenvalue weighted by molar-refractivity contribution is 8.00. The molecule has 1 aliphatic heterocycles. The Morgan fingerprint density at radius 2 is 2.04 bits per heavy atom. The van der Waals surface area contributed by atoms with E-state index in [2.05, 4.69) is 20.3 Å². The number of para-hydroxylation sites is 1. The fourth-order valence-corrected chi connectivity index (χ4v) is 3.79. The normalized spacial score (nSPS) is 18.4. The number of carbonyl (C=O) groups is 1. The largest absolute Gasteiger partial charge is 0.418 e. The highest BCUT2D eigenvalue weighted by Crippen LogP contribution is 2.39. The van der Waals surface area contributed by atoms with Gasteiger partial charge in [0.15, 0.2) is 0 Å². The molecule has 4 rings (SSSR count). The number of anilines is 1. The number of halogens is 3. The molecule has 0 radical (unpaired) electrons. The minimum atomic E-state index is -4.52. The van der Waals surface area contributed by atoms with Crippen LogP contribution in [0.25, 0.3) is 5.78 Å². The van der Waals surface area contributed by atoms with Crippen molar-refractivity contribution in [3.63, 3.8) is 0 Å². The molecule has 1 N–H and O–H groups in total. The Labute approximate surface area is 143 Å². The van der Waals surface area contributed by atoms with Gasteiger partial charge in [-0.2, -0.15) is 22.7 Å². The lowest BCUT2D eigenvalue weighted by molar-refractivity contribution is -0.137. The minimum Gasteiger partial charge on any atom is -0.311 e. The first kappa shape index (κ1) is 15.9. The van der Waals surface area contributed by atoms with Crippen LogP contribution in [0.1, 0.15) is 12.0 Å². The summed E-state index contributed by atoms with van der Waals surface area (Å²) in [5.41, 5.74) is -0.927. The van der Waals surface area contributed by atoms with E-state index in [9.17, 15) is 18.0 Å². The Balaban J connectivity index is 1.59. The molecule has 1 saturated heterocycles. The number of nitrogens with one attached hydrogen (secondary N) is 1. The number of carbonyl (C=O) groups excluding carboxylic acids is 1. The predicted octanol–water partition coefficient (Wildman–Crippen LogP) is 2.37. The molecular weight excluding hydrogens is 357 g/mol. The fraction of sp³-hybridized carbons (Fsp3) is 0.286. The monoisotopic (exact) mass is 368 g/mol. The van der Waals surface area contributed by atoms with E-state index in [4.69, 9.17) is 0 Å². The number of rotatable bonds is 3. The summed E-state index contributed by atoms with van der Waals surface area (Å²) in [4.78, 5) is 17.8. The van der Waals surface area contributed by atoms with Crippen LogP contribution in [0, 0.1) is 0 Å². The maximum absolute atomic E-state index is 13.2. The quantitative estimate of drug-likeness (QED) is 0.768. The zero-order valence-electron chi connectivity index (χ0n) is 12.6. The van der Waals surface area contributed by atoms with Crippen molar-refractivity contribution in [3.05, 3.63) is 36.2 Å². The molecule has 0 saturated carbocycles. The van der Waals surface area contributed by atoms with Crippen LogP contribution in [-0.4, -0.2) is 42.5 Å². The zero-order chi connectivity index (χ0) is 17.6. The lowest BCUT2D eigenvalue weighted by atomic mass is 10.1. The molecule has 1 unspecified atom stereocenters. The molecular formula is C14H11F3N6OS. The fourth-order valence-electron chi connectivity index (χ4n) is 2.76. The molecule has 0 spiro atoms. The van der Waals surface area contributed by atoms with Gasteiger partial charge in [0.25, 0.3) is 5.78 Å². The highest BCUT2D eigenvalue weighted by atomic mass is 32.2. The molecule has 1 aromatic carbocycles. The van der Waals surface area contributed by atoms with Crippen LogP contribution >= 0.6 is 11.8 Å². The summed E-state index contributed by atoms with van der Waals surface area (Å²) in [6.07, 6.45) is -2.66. The maximum atomic E-state index is 13.2. The van der Waals surface area contributed by atoms with Crippen LogP contribution in [0.4, 0.5) is 18.9 Å². The third kappa shape index (κ3) is 2.73. The summed E-state index contributed by atoms with van der Waals surface area (Å²) in [6.45, 7) is 0.217. The Morgan fingerprint density at radius 1 is 1.24 bits per heavy atom. The molecule has 3 aromatic rings. The van der Waals surface area contributed by atoms with Gasteiger partial charge in [-0.05, 0) is 18.6 Å². The second kappa shape index (κ2) is 5.76. The van der Waals surface area contributed by atoms with E-state index in [-0.39, 0.29) is 18.1 Å². The van der Waals surface area contributed by atoms with Crippen molar-refractivity contribution in [1.29, 1.82) is 0 Å². The lowest BCUT2D eigenvalue weighted by Gasteiger charge is -2.21.